The minimum atomic E-state index is -3.12. The maximum Gasteiger partial charge on any atom is 0.387 e. The summed E-state index contributed by atoms with van der Waals surface area (Å²) >= 11 is 0. The number of ether oxygens (including phenoxy) is 1. The van der Waals surface area contributed by atoms with Gasteiger partial charge in [-0.3, -0.25) is 15.1 Å². The first-order chi connectivity index (χ1) is 18.1. The highest BCUT2D eigenvalue weighted by molar-refractivity contribution is 6.12. The van der Waals surface area contributed by atoms with Gasteiger partial charge in [-0.25, -0.2) is 15.0 Å². The third kappa shape index (κ3) is 6.85. The number of aromatic nitrogens is 2. The molecule has 0 atom stereocenters. The first-order valence-electron chi connectivity index (χ1n) is 11.4. The maximum absolute atomic E-state index is 13.1. The topological polar surface area (TPSA) is 126 Å². The van der Waals surface area contributed by atoms with Gasteiger partial charge in [-0.1, -0.05) is 0 Å². The number of hydrogen-bond acceptors (Lipinski definition) is 8. The summed E-state index contributed by atoms with van der Waals surface area (Å²) in [6.07, 6.45) is 4.74. The van der Waals surface area contributed by atoms with Gasteiger partial charge in [0.1, 0.15) is 24.3 Å². The van der Waals surface area contributed by atoms with Crippen molar-refractivity contribution in [1.82, 2.24) is 14.5 Å². The van der Waals surface area contributed by atoms with E-state index in [4.69, 9.17) is 0 Å². The van der Waals surface area contributed by atoms with E-state index in [1.54, 1.807) is 24.2 Å². The largest absolute Gasteiger partial charge is 0.433 e. The van der Waals surface area contributed by atoms with Crippen molar-refractivity contribution in [1.29, 1.82) is 0 Å². The Balaban J connectivity index is 1.82. The lowest BCUT2D eigenvalue weighted by molar-refractivity contribution is -0.384. The summed E-state index contributed by atoms with van der Waals surface area (Å²) in [7, 11) is 7.21. The molecule has 0 saturated heterocycles. The Morgan fingerprint density at radius 1 is 1.34 bits per heavy atom. The van der Waals surface area contributed by atoms with Crippen molar-refractivity contribution in [2.45, 2.75) is 6.61 Å². The van der Waals surface area contributed by atoms with Crippen LogP contribution in [0.15, 0.2) is 51.6 Å². The van der Waals surface area contributed by atoms with Gasteiger partial charge in [-0.15, -0.1) is 0 Å². The number of nitro benzene ring substituents is 1. The standard InChI is InChI=1S/C24H29F2N9O3/c1-27-22(17-13-34(5)23-16(17)7-6-8-29-23)31-15-28-14-30-18-11-20(35(36)37)19(12-21(18)38-24(25)26)33(4)10-9-32(2)3/h6-8,11-13,15,24,30H,1,9-10,14H2,2-5H3/b28-15-,31-22?. The lowest BCUT2D eigenvalue weighted by Gasteiger charge is -2.23. The molecule has 2 aromatic heterocycles. The van der Waals surface area contributed by atoms with E-state index in [2.05, 4.69) is 36.7 Å². The van der Waals surface area contributed by atoms with Crippen molar-refractivity contribution >= 4 is 47.0 Å². The molecule has 2 heterocycles. The molecule has 0 amide bonds. The van der Waals surface area contributed by atoms with Crippen LogP contribution in [-0.2, 0) is 7.05 Å². The number of amidine groups is 1. The van der Waals surface area contributed by atoms with Crippen LogP contribution in [0.3, 0.4) is 0 Å². The third-order valence-corrected chi connectivity index (χ3v) is 5.53. The number of hydrogen-bond donors (Lipinski definition) is 1. The van der Waals surface area contributed by atoms with Crippen LogP contribution in [-0.4, -0.2) is 85.8 Å². The highest BCUT2D eigenvalue weighted by Crippen LogP contribution is 2.38. The monoisotopic (exact) mass is 529 g/mol. The molecule has 0 bridgehead atoms. The second-order valence-corrected chi connectivity index (χ2v) is 8.47. The van der Waals surface area contributed by atoms with E-state index in [0.29, 0.717) is 24.5 Å². The predicted molar refractivity (Wildman–Crippen MR) is 145 cm³/mol. The van der Waals surface area contributed by atoms with Gasteiger partial charge in [-0.05, 0) is 32.9 Å². The van der Waals surface area contributed by atoms with Crippen LogP contribution in [0.4, 0.5) is 25.8 Å². The Morgan fingerprint density at radius 2 is 2.11 bits per heavy atom. The van der Waals surface area contributed by atoms with Crippen LogP contribution in [0.2, 0.25) is 0 Å². The number of likely N-dealkylation sites (N-methyl/N-ethyl adjacent to an activating group) is 2. The molecule has 3 rings (SSSR count). The van der Waals surface area contributed by atoms with E-state index in [9.17, 15) is 18.9 Å². The first kappa shape index (κ1) is 28.1. The van der Waals surface area contributed by atoms with E-state index >= 15 is 0 Å². The molecule has 14 heteroatoms. The number of nitrogens with one attached hydrogen (secondary N) is 1. The summed E-state index contributed by atoms with van der Waals surface area (Å²) in [4.78, 5) is 31.3. The summed E-state index contributed by atoms with van der Waals surface area (Å²) in [5.74, 6) is 0.0718. The van der Waals surface area contributed by atoms with Gasteiger partial charge >= 0.3 is 6.61 Å². The van der Waals surface area contributed by atoms with Crippen molar-refractivity contribution in [2.24, 2.45) is 22.0 Å². The Labute approximate surface area is 218 Å². The number of fused-ring (bicyclic) bond motifs is 1. The molecule has 0 aliphatic carbocycles. The second kappa shape index (κ2) is 12.7. The van der Waals surface area contributed by atoms with Gasteiger partial charge in [0, 0.05) is 62.7 Å². The molecule has 0 aliphatic rings. The molecular formula is C24H29F2N9O3. The molecule has 1 N–H and O–H groups in total. The Bertz CT molecular complexity index is 1360. The van der Waals surface area contributed by atoms with Crippen molar-refractivity contribution in [3.8, 4) is 5.75 Å². The molecule has 1 aromatic carbocycles. The number of aryl methyl sites for hydroxylation is 1. The van der Waals surface area contributed by atoms with Crippen molar-refractivity contribution < 1.29 is 18.4 Å². The number of nitro groups is 1. The smallest absolute Gasteiger partial charge is 0.387 e. The van der Waals surface area contributed by atoms with E-state index in [-0.39, 0.29) is 29.5 Å². The number of rotatable bonds is 12. The predicted octanol–water partition coefficient (Wildman–Crippen LogP) is 3.63. The van der Waals surface area contributed by atoms with Gasteiger partial charge < -0.3 is 24.4 Å². The molecule has 0 aliphatic heterocycles. The number of anilines is 2. The third-order valence-electron chi connectivity index (χ3n) is 5.53. The fraction of sp³-hybridized carbons (Fsp3) is 0.333. The van der Waals surface area contributed by atoms with Crippen LogP contribution in [0, 0.1) is 10.1 Å². The molecule has 0 radical (unpaired) electrons. The van der Waals surface area contributed by atoms with Gasteiger partial charge in [0.2, 0.25) is 0 Å². The average molecular weight is 530 g/mol. The summed E-state index contributed by atoms with van der Waals surface area (Å²) in [6, 6.07) is 6.06. The van der Waals surface area contributed by atoms with Crippen LogP contribution in [0.25, 0.3) is 11.0 Å². The molecule has 202 valence electrons. The molecule has 0 saturated carbocycles. The van der Waals surface area contributed by atoms with E-state index in [0.717, 1.165) is 17.1 Å². The van der Waals surface area contributed by atoms with Gasteiger partial charge in [-0.2, -0.15) is 8.78 Å². The summed E-state index contributed by atoms with van der Waals surface area (Å²) in [5, 5.41) is 15.4. The molecule has 0 unspecified atom stereocenters. The van der Waals surface area contributed by atoms with Crippen LogP contribution in [0.1, 0.15) is 5.56 Å². The number of aliphatic imine (C=N–C) groups is 3. The minimum absolute atomic E-state index is 0.00918. The van der Waals surface area contributed by atoms with Crippen LogP contribution < -0.4 is 15.0 Å². The van der Waals surface area contributed by atoms with E-state index < -0.39 is 11.5 Å². The summed E-state index contributed by atoms with van der Waals surface area (Å²) in [6.45, 7) is 1.35. The highest BCUT2D eigenvalue weighted by atomic mass is 19.3. The van der Waals surface area contributed by atoms with Gasteiger partial charge in [0.05, 0.1) is 10.6 Å². The lowest BCUT2D eigenvalue weighted by atomic mass is 10.2. The fourth-order valence-electron chi connectivity index (χ4n) is 3.67. The molecule has 0 fully saturated rings. The fourth-order valence-corrected chi connectivity index (χ4v) is 3.67. The average Bonchev–Trinajstić information content (AvgIpc) is 3.21. The number of halogens is 2. The van der Waals surface area contributed by atoms with Crippen LogP contribution >= 0.6 is 0 Å². The Morgan fingerprint density at radius 3 is 2.76 bits per heavy atom. The van der Waals surface area contributed by atoms with Crippen molar-refractivity contribution in [3.05, 3.63) is 52.3 Å². The van der Waals surface area contributed by atoms with Gasteiger partial charge in [0.25, 0.3) is 5.69 Å². The second-order valence-electron chi connectivity index (χ2n) is 8.47. The molecular weight excluding hydrogens is 500 g/mol. The zero-order valence-corrected chi connectivity index (χ0v) is 21.5. The zero-order valence-electron chi connectivity index (χ0n) is 21.5. The maximum atomic E-state index is 13.1. The Kier molecular flexibility index (Phi) is 9.38. The highest BCUT2D eigenvalue weighted by Gasteiger charge is 2.23. The Hall–Kier alpha value is -4.46. The SMILES string of the molecule is C=NC(=N/C=N\CNc1cc([N+](=O)[O-])c(N(C)CCN(C)C)cc1OC(F)F)c1cn(C)c2ncccc12. The summed E-state index contributed by atoms with van der Waals surface area (Å²) < 4.78 is 32.7. The van der Waals surface area contributed by atoms with Gasteiger partial charge in [0.15, 0.2) is 11.6 Å². The van der Waals surface area contributed by atoms with E-state index in [1.165, 1.54) is 12.4 Å². The molecule has 12 nitrogen and oxygen atoms in total. The quantitative estimate of drug-likeness (QED) is 0.164. The molecule has 0 spiro atoms. The molecule has 3 aromatic rings. The normalized spacial score (nSPS) is 12.1. The van der Waals surface area contributed by atoms with Crippen LogP contribution in [0.5, 0.6) is 5.75 Å². The zero-order chi connectivity index (χ0) is 27.8. The number of benzene rings is 1. The first-order valence-corrected chi connectivity index (χ1v) is 11.4. The van der Waals surface area contributed by atoms with Crippen molar-refractivity contribution in [3.63, 3.8) is 0 Å². The summed E-state index contributed by atoms with van der Waals surface area (Å²) in [5.41, 5.74) is 1.34. The lowest BCUT2D eigenvalue weighted by Crippen LogP contribution is -2.29. The minimum Gasteiger partial charge on any atom is -0.433 e. The van der Waals surface area contributed by atoms with E-state index in [1.807, 2.05) is 42.9 Å². The number of pyridine rings is 1. The number of nitrogens with zero attached hydrogens (tertiary/aromatic N) is 8. The molecule has 38 heavy (non-hydrogen) atoms. The number of alkyl halides is 2. The van der Waals surface area contributed by atoms with Crippen molar-refractivity contribution in [2.75, 3.05) is 51.1 Å².